The second kappa shape index (κ2) is 10.4. The summed E-state index contributed by atoms with van der Waals surface area (Å²) in [5.41, 5.74) is 1.32. The van der Waals surface area contributed by atoms with Crippen molar-refractivity contribution < 1.29 is 22.7 Å². The van der Waals surface area contributed by atoms with Crippen molar-refractivity contribution in [2.75, 3.05) is 33.9 Å². The number of carbonyl (C=O) groups excluding carboxylic acids is 1. The zero-order valence-electron chi connectivity index (χ0n) is 19.1. The number of nitrogens with one attached hydrogen (secondary N) is 1. The summed E-state index contributed by atoms with van der Waals surface area (Å²) in [4.78, 5) is 12.8. The van der Waals surface area contributed by atoms with Crippen molar-refractivity contribution in [3.05, 3.63) is 53.6 Å². The molecule has 1 amide bonds. The van der Waals surface area contributed by atoms with Crippen molar-refractivity contribution in [2.24, 2.45) is 11.8 Å². The first-order chi connectivity index (χ1) is 15.2. The minimum absolute atomic E-state index is 0.159. The molecule has 1 N–H and O–H groups in total. The van der Waals surface area contributed by atoms with E-state index in [1.165, 1.54) is 6.07 Å². The van der Waals surface area contributed by atoms with Gasteiger partial charge in [-0.2, -0.15) is 4.31 Å². The van der Waals surface area contributed by atoms with E-state index in [0.29, 0.717) is 55.0 Å². The standard InChI is InChI=1S/C24H32N2O5S/c1-17-12-18(2)16-26(15-17)32(28,29)21-7-5-6-20(14-21)24(27)25-11-10-19-8-9-22(30-3)23(13-19)31-4/h5-9,13-14,17-18H,10-12,15-16H2,1-4H3,(H,25,27)/t17-,18+. The predicted molar refractivity (Wildman–Crippen MR) is 124 cm³/mol. The van der Waals surface area contributed by atoms with Gasteiger partial charge in [-0.25, -0.2) is 8.42 Å². The summed E-state index contributed by atoms with van der Waals surface area (Å²) in [6.45, 7) is 5.57. The van der Waals surface area contributed by atoms with Gasteiger partial charge in [-0.3, -0.25) is 4.79 Å². The highest BCUT2D eigenvalue weighted by Gasteiger charge is 2.31. The quantitative estimate of drug-likeness (QED) is 0.653. The predicted octanol–water partition coefficient (Wildman–Crippen LogP) is 3.34. The van der Waals surface area contributed by atoms with Gasteiger partial charge in [-0.1, -0.05) is 26.0 Å². The van der Waals surface area contributed by atoms with Crippen LogP contribution in [0.3, 0.4) is 0 Å². The van der Waals surface area contributed by atoms with E-state index in [-0.39, 0.29) is 10.8 Å². The molecule has 32 heavy (non-hydrogen) atoms. The zero-order chi connectivity index (χ0) is 23.3. The molecular formula is C24H32N2O5S. The van der Waals surface area contributed by atoms with Crippen molar-refractivity contribution in [3.63, 3.8) is 0 Å². The monoisotopic (exact) mass is 460 g/mol. The van der Waals surface area contributed by atoms with Crippen LogP contribution in [0.1, 0.15) is 36.2 Å². The SMILES string of the molecule is COc1ccc(CCNC(=O)c2cccc(S(=O)(=O)N3C[C@H](C)C[C@H](C)C3)c2)cc1OC. The van der Waals surface area contributed by atoms with Crippen LogP contribution < -0.4 is 14.8 Å². The van der Waals surface area contributed by atoms with Crippen LogP contribution in [0.2, 0.25) is 0 Å². The van der Waals surface area contributed by atoms with Crippen molar-refractivity contribution in [1.29, 1.82) is 0 Å². The summed E-state index contributed by atoms with van der Waals surface area (Å²) in [5.74, 6) is 1.61. The maximum absolute atomic E-state index is 13.1. The molecule has 174 valence electrons. The van der Waals surface area contributed by atoms with Gasteiger partial charge in [0.15, 0.2) is 11.5 Å². The summed E-state index contributed by atoms with van der Waals surface area (Å²) in [7, 11) is -0.473. The first-order valence-electron chi connectivity index (χ1n) is 10.8. The third kappa shape index (κ3) is 5.61. The Bertz CT molecular complexity index is 1040. The molecule has 2 aromatic rings. The Hall–Kier alpha value is -2.58. The van der Waals surface area contributed by atoms with Crippen LogP contribution in [0, 0.1) is 11.8 Å². The summed E-state index contributed by atoms with van der Waals surface area (Å²) in [6.07, 6.45) is 1.63. The maximum atomic E-state index is 13.1. The van der Waals surface area contributed by atoms with Crippen LogP contribution >= 0.6 is 0 Å². The molecule has 1 aliphatic heterocycles. The van der Waals surface area contributed by atoms with Gasteiger partial charge in [0.25, 0.3) is 5.91 Å². The first-order valence-corrected chi connectivity index (χ1v) is 12.3. The minimum atomic E-state index is -3.63. The van der Waals surface area contributed by atoms with Gasteiger partial charge in [0, 0.05) is 25.2 Å². The second-order valence-corrected chi connectivity index (χ2v) is 10.4. The van der Waals surface area contributed by atoms with Crippen LogP contribution in [0.25, 0.3) is 0 Å². The lowest BCUT2D eigenvalue weighted by Crippen LogP contribution is -2.42. The summed E-state index contributed by atoms with van der Waals surface area (Å²) >= 11 is 0. The Balaban J connectivity index is 1.65. The highest BCUT2D eigenvalue weighted by molar-refractivity contribution is 7.89. The molecule has 2 atom stereocenters. The molecule has 0 bridgehead atoms. The highest BCUT2D eigenvalue weighted by Crippen LogP contribution is 2.28. The lowest BCUT2D eigenvalue weighted by molar-refractivity contribution is 0.0954. The van der Waals surface area contributed by atoms with Crippen LogP contribution in [-0.2, 0) is 16.4 Å². The van der Waals surface area contributed by atoms with E-state index in [0.717, 1.165) is 12.0 Å². The second-order valence-electron chi connectivity index (χ2n) is 8.49. The molecule has 0 radical (unpaired) electrons. The number of hydrogen-bond acceptors (Lipinski definition) is 5. The molecule has 0 spiro atoms. The molecule has 0 unspecified atom stereocenters. The molecule has 0 aromatic heterocycles. The van der Waals surface area contributed by atoms with E-state index in [1.807, 2.05) is 18.2 Å². The van der Waals surface area contributed by atoms with Gasteiger partial charge in [-0.15, -0.1) is 0 Å². The number of piperidine rings is 1. The number of carbonyl (C=O) groups is 1. The first kappa shape index (κ1) is 24.1. The molecule has 3 rings (SSSR count). The van der Waals surface area contributed by atoms with Gasteiger partial charge in [-0.05, 0) is 60.6 Å². The molecule has 1 heterocycles. The van der Waals surface area contributed by atoms with Gasteiger partial charge >= 0.3 is 0 Å². The number of sulfonamides is 1. The van der Waals surface area contributed by atoms with Gasteiger partial charge in [0.1, 0.15) is 0 Å². The third-order valence-electron chi connectivity index (χ3n) is 5.72. The van der Waals surface area contributed by atoms with E-state index in [4.69, 9.17) is 9.47 Å². The average Bonchev–Trinajstić information content (AvgIpc) is 2.78. The number of benzene rings is 2. The summed E-state index contributed by atoms with van der Waals surface area (Å²) in [6, 6.07) is 11.9. The van der Waals surface area contributed by atoms with E-state index in [1.54, 1.807) is 36.7 Å². The molecule has 2 aromatic carbocycles. The topological polar surface area (TPSA) is 84.9 Å². The lowest BCUT2D eigenvalue weighted by Gasteiger charge is -2.34. The van der Waals surface area contributed by atoms with Crippen LogP contribution in [0.4, 0.5) is 0 Å². The summed E-state index contributed by atoms with van der Waals surface area (Å²) < 4.78 is 38.4. The average molecular weight is 461 g/mol. The third-order valence-corrected chi connectivity index (χ3v) is 7.54. The van der Waals surface area contributed by atoms with Crippen molar-refractivity contribution in [3.8, 4) is 11.5 Å². The molecule has 0 aliphatic carbocycles. The lowest BCUT2D eigenvalue weighted by atomic mass is 9.94. The van der Waals surface area contributed by atoms with Crippen molar-refractivity contribution in [1.82, 2.24) is 9.62 Å². The van der Waals surface area contributed by atoms with Crippen molar-refractivity contribution >= 4 is 15.9 Å². The fraction of sp³-hybridized carbons (Fsp3) is 0.458. The Morgan fingerprint density at radius 3 is 2.38 bits per heavy atom. The number of rotatable bonds is 8. The number of amides is 1. The number of ether oxygens (including phenoxy) is 2. The van der Waals surface area contributed by atoms with E-state index < -0.39 is 10.0 Å². The fourth-order valence-corrected chi connectivity index (χ4v) is 5.93. The van der Waals surface area contributed by atoms with Crippen LogP contribution in [-0.4, -0.2) is 52.5 Å². The molecular weight excluding hydrogens is 428 g/mol. The van der Waals surface area contributed by atoms with Gasteiger partial charge in [0.2, 0.25) is 10.0 Å². The van der Waals surface area contributed by atoms with E-state index in [2.05, 4.69) is 19.2 Å². The Kier molecular flexibility index (Phi) is 7.79. The van der Waals surface area contributed by atoms with Gasteiger partial charge < -0.3 is 14.8 Å². The van der Waals surface area contributed by atoms with Crippen LogP contribution in [0.15, 0.2) is 47.4 Å². The van der Waals surface area contributed by atoms with Crippen molar-refractivity contribution in [2.45, 2.75) is 31.6 Å². The molecule has 0 saturated carbocycles. The van der Waals surface area contributed by atoms with E-state index >= 15 is 0 Å². The maximum Gasteiger partial charge on any atom is 0.251 e. The largest absolute Gasteiger partial charge is 0.493 e. The Morgan fingerprint density at radius 2 is 1.72 bits per heavy atom. The molecule has 1 fully saturated rings. The minimum Gasteiger partial charge on any atom is -0.493 e. The smallest absolute Gasteiger partial charge is 0.251 e. The summed E-state index contributed by atoms with van der Waals surface area (Å²) in [5, 5.41) is 2.87. The highest BCUT2D eigenvalue weighted by atomic mass is 32.2. The normalized spacial score (nSPS) is 19.4. The molecule has 7 nitrogen and oxygen atoms in total. The van der Waals surface area contributed by atoms with Gasteiger partial charge in [0.05, 0.1) is 19.1 Å². The molecule has 1 saturated heterocycles. The Morgan fingerprint density at radius 1 is 1.03 bits per heavy atom. The molecule has 1 aliphatic rings. The number of methoxy groups -OCH3 is 2. The Labute approximate surface area is 190 Å². The van der Waals surface area contributed by atoms with Crippen LogP contribution in [0.5, 0.6) is 11.5 Å². The zero-order valence-corrected chi connectivity index (χ0v) is 19.9. The fourth-order valence-electron chi connectivity index (χ4n) is 4.21. The number of nitrogens with zero attached hydrogens (tertiary/aromatic N) is 1. The molecule has 8 heteroatoms. The number of hydrogen-bond donors (Lipinski definition) is 1. The van der Waals surface area contributed by atoms with E-state index in [9.17, 15) is 13.2 Å².